The standard InChI is InChI=1S/C17H19N5O/c18-9-14(10-19)11-20-15-1-3-16(4-2-15)21-5-7-22(8-6-21)17-12-23-13-17/h1-4,11,17,20H,5-8,12-13H2. The number of benzene rings is 1. The zero-order valence-electron chi connectivity index (χ0n) is 12.9. The molecular weight excluding hydrogens is 290 g/mol. The third-order valence-electron chi connectivity index (χ3n) is 4.31. The molecule has 6 nitrogen and oxygen atoms in total. The van der Waals surface area contributed by atoms with Gasteiger partial charge in [0.25, 0.3) is 0 Å². The average molecular weight is 309 g/mol. The van der Waals surface area contributed by atoms with Gasteiger partial charge in [0, 0.05) is 43.8 Å². The maximum atomic E-state index is 8.70. The van der Waals surface area contributed by atoms with Crippen molar-refractivity contribution < 1.29 is 4.74 Å². The molecule has 0 amide bonds. The molecule has 3 rings (SSSR count). The molecule has 6 heteroatoms. The van der Waals surface area contributed by atoms with Crippen LogP contribution in [-0.2, 0) is 4.74 Å². The van der Waals surface area contributed by atoms with E-state index in [0.29, 0.717) is 6.04 Å². The van der Waals surface area contributed by atoms with Crippen LogP contribution in [0.2, 0.25) is 0 Å². The van der Waals surface area contributed by atoms with Gasteiger partial charge >= 0.3 is 0 Å². The monoisotopic (exact) mass is 309 g/mol. The highest BCUT2D eigenvalue weighted by atomic mass is 16.5. The molecular formula is C17H19N5O. The number of nitrogens with one attached hydrogen (secondary N) is 1. The molecule has 2 aliphatic rings. The summed E-state index contributed by atoms with van der Waals surface area (Å²) in [6.45, 7) is 5.95. The molecule has 0 spiro atoms. The lowest BCUT2D eigenvalue weighted by Crippen LogP contribution is -2.56. The zero-order valence-corrected chi connectivity index (χ0v) is 12.9. The molecule has 0 unspecified atom stereocenters. The molecule has 2 aliphatic heterocycles. The molecule has 1 aromatic rings. The molecule has 2 saturated heterocycles. The number of nitrogens with zero attached hydrogens (tertiary/aromatic N) is 4. The van der Waals surface area contributed by atoms with Crippen LogP contribution in [-0.4, -0.2) is 50.3 Å². The van der Waals surface area contributed by atoms with Crippen LogP contribution >= 0.6 is 0 Å². The van der Waals surface area contributed by atoms with Gasteiger partial charge in [-0.2, -0.15) is 10.5 Å². The normalized spacial score (nSPS) is 18.4. The van der Waals surface area contributed by atoms with E-state index in [1.807, 2.05) is 24.3 Å². The Morgan fingerprint density at radius 2 is 1.74 bits per heavy atom. The minimum atomic E-state index is 0.0603. The van der Waals surface area contributed by atoms with Crippen molar-refractivity contribution in [2.24, 2.45) is 0 Å². The van der Waals surface area contributed by atoms with Crippen molar-refractivity contribution in [3.63, 3.8) is 0 Å². The lowest BCUT2D eigenvalue weighted by molar-refractivity contribution is -0.0660. The highest BCUT2D eigenvalue weighted by Gasteiger charge is 2.28. The van der Waals surface area contributed by atoms with Gasteiger partial charge in [-0.05, 0) is 24.3 Å². The average Bonchev–Trinajstić information content (AvgIpc) is 2.56. The van der Waals surface area contributed by atoms with Crippen LogP contribution in [0.15, 0.2) is 36.0 Å². The van der Waals surface area contributed by atoms with Crippen molar-refractivity contribution >= 4 is 11.4 Å². The number of piperazine rings is 1. The molecule has 0 bridgehead atoms. The molecule has 2 fully saturated rings. The summed E-state index contributed by atoms with van der Waals surface area (Å²) in [7, 11) is 0. The Morgan fingerprint density at radius 1 is 1.09 bits per heavy atom. The Labute approximate surface area is 136 Å². The van der Waals surface area contributed by atoms with Crippen molar-refractivity contribution in [2.45, 2.75) is 6.04 Å². The fraction of sp³-hybridized carbons (Fsp3) is 0.412. The number of ether oxygens (including phenoxy) is 1. The molecule has 0 saturated carbocycles. The number of rotatable bonds is 4. The summed E-state index contributed by atoms with van der Waals surface area (Å²) in [5, 5.41) is 20.4. The third-order valence-corrected chi connectivity index (χ3v) is 4.31. The van der Waals surface area contributed by atoms with Crippen LogP contribution in [0, 0.1) is 22.7 Å². The number of hydrogen-bond donors (Lipinski definition) is 1. The highest BCUT2D eigenvalue weighted by Crippen LogP contribution is 2.21. The SMILES string of the molecule is N#CC(C#N)=CNc1ccc(N2CCN(C3COC3)CC2)cc1. The second-order valence-electron chi connectivity index (χ2n) is 5.69. The molecule has 0 radical (unpaired) electrons. The summed E-state index contributed by atoms with van der Waals surface area (Å²) >= 11 is 0. The van der Waals surface area contributed by atoms with Crippen LogP contribution in [0.25, 0.3) is 0 Å². The fourth-order valence-electron chi connectivity index (χ4n) is 2.79. The minimum Gasteiger partial charge on any atom is -0.378 e. The molecule has 23 heavy (non-hydrogen) atoms. The summed E-state index contributed by atoms with van der Waals surface area (Å²) in [5.74, 6) is 0. The predicted octanol–water partition coefficient (Wildman–Crippen LogP) is 1.55. The molecule has 2 heterocycles. The van der Waals surface area contributed by atoms with Gasteiger partial charge < -0.3 is 15.0 Å². The summed E-state index contributed by atoms with van der Waals surface area (Å²) in [5.41, 5.74) is 2.12. The molecule has 1 aromatic carbocycles. The summed E-state index contributed by atoms with van der Waals surface area (Å²) in [6, 6.07) is 12.3. The molecule has 1 N–H and O–H groups in total. The maximum Gasteiger partial charge on any atom is 0.145 e. The van der Waals surface area contributed by atoms with E-state index in [0.717, 1.165) is 45.1 Å². The van der Waals surface area contributed by atoms with Gasteiger partial charge in [-0.15, -0.1) is 0 Å². The fourth-order valence-corrected chi connectivity index (χ4v) is 2.79. The van der Waals surface area contributed by atoms with Crippen molar-refractivity contribution in [3.05, 3.63) is 36.0 Å². The van der Waals surface area contributed by atoms with E-state index >= 15 is 0 Å². The van der Waals surface area contributed by atoms with Gasteiger partial charge in [0.1, 0.15) is 17.7 Å². The van der Waals surface area contributed by atoms with Gasteiger partial charge in [-0.25, -0.2) is 0 Å². The number of anilines is 2. The topological polar surface area (TPSA) is 75.3 Å². The van der Waals surface area contributed by atoms with Crippen LogP contribution in [0.1, 0.15) is 0 Å². The van der Waals surface area contributed by atoms with Gasteiger partial charge in [0.2, 0.25) is 0 Å². The third kappa shape index (κ3) is 3.62. The summed E-state index contributed by atoms with van der Waals surface area (Å²) < 4.78 is 5.26. The van der Waals surface area contributed by atoms with E-state index in [1.165, 1.54) is 11.9 Å². The van der Waals surface area contributed by atoms with Gasteiger partial charge in [-0.1, -0.05) is 0 Å². The van der Waals surface area contributed by atoms with E-state index in [-0.39, 0.29) is 5.57 Å². The van der Waals surface area contributed by atoms with Crippen molar-refractivity contribution in [1.82, 2.24) is 4.90 Å². The number of hydrogen-bond acceptors (Lipinski definition) is 6. The van der Waals surface area contributed by atoms with E-state index < -0.39 is 0 Å². The van der Waals surface area contributed by atoms with Crippen molar-refractivity contribution in [1.29, 1.82) is 10.5 Å². The van der Waals surface area contributed by atoms with Crippen LogP contribution in [0.3, 0.4) is 0 Å². The summed E-state index contributed by atoms with van der Waals surface area (Å²) in [6.07, 6.45) is 1.43. The smallest absolute Gasteiger partial charge is 0.145 e. The Hall–Kier alpha value is -2.54. The number of nitriles is 2. The highest BCUT2D eigenvalue weighted by molar-refractivity contribution is 5.57. The molecule has 0 aliphatic carbocycles. The van der Waals surface area contributed by atoms with Crippen molar-refractivity contribution in [2.75, 3.05) is 49.6 Å². The van der Waals surface area contributed by atoms with Gasteiger partial charge in [0.15, 0.2) is 0 Å². The van der Waals surface area contributed by atoms with Crippen molar-refractivity contribution in [3.8, 4) is 12.1 Å². The molecule has 0 aromatic heterocycles. The van der Waals surface area contributed by atoms with E-state index in [4.69, 9.17) is 15.3 Å². The largest absolute Gasteiger partial charge is 0.378 e. The van der Waals surface area contributed by atoms with Gasteiger partial charge in [0.05, 0.1) is 19.3 Å². The first-order valence-corrected chi connectivity index (χ1v) is 7.74. The lowest BCUT2D eigenvalue weighted by atomic mass is 10.1. The Bertz CT molecular complexity index is 627. The first-order chi connectivity index (χ1) is 11.3. The minimum absolute atomic E-state index is 0.0603. The summed E-state index contributed by atoms with van der Waals surface area (Å²) in [4.78, 5) is 4.89. The predicted molar refractivity (Wildman–Crippen MR) is 87.8 cm³/mol. The second-order valence-corrected chi connectivity index (χ2v) is 5.69. The van der Waals surface area contributed by atoms with Crippen LogP contribution in [0.4, 0.5) is 11.4 Å². The van der Waals surface area contributed by atoms with Crippen LogP contribution in [0.5, 0.6) is 0 Å². The Morgan fingerprint density at radius 3 is 2.26 bits per heavy atom. The Balaban J connectivity index is 1.55. The van der Waals surface area contributed by atoms with Crippen LogP contribution < -0.4 is 10.2 Å². The van der Waals surface area contributed by atoms with Gasteiger partial charge in [-0.3, -0.25) is 4.90 Å². The van der Waals surface area contributed by atoms with E-state index in [2.05, 4.69) is 27.2 Å². The lowest BCUT2D eigenvalue weighted by Gasteiger charge is -2.43. The second kappa shape index (κ2) is 7.15. The zero-order chi connectivity index (χ0) is 16.1. The first-order valence-electron chi connectivity index (χ1n) is 7.74. The van der Waals surface area contributed by atoms with E-state index in [1.54, 1.807) is 0 Å². The quantitative estimate of drug-likeness (QED) is 0.851. The molecule has 118 valence electrons. The number of allylic oxidation sites excluding steroid dienone is 1. The Kier molecular flexibility index (Phi) is 4.77. The first kappa shape index (κ1) is 15.4. The molecule has 0 atom stereocenters. The maximum absolute atomic E-state index is 8.70. The van der Waals surface area contributed by atoms with E-state index in [9.17, 15) is 0 Å².